The Hall–Kier alpha value is -1.06. The van der Waals surface area contributed by atoms with Gasteiger partial charge in [-0.3, -0.25) is 0 Å². The topological polar surface area (TPSA) is 38.7 Å². The van der Waals surface area contributed by atoms with Crippen molar-refractivity contribution in [1.82, 2.24) is 0 Å². The smallest absolute Gasteiger partial charge is 0.120 e. The van der Waals surface area contributed by atoms with Gasteiger partial charge in [0.05, 0.1) is 17.8 Å². The van der Waals surface area contributed by atoms with Gasteiger partial charge in [-0.15, -0.1) is 0 Å². The molecule has 0 aliphatic heterocycles. The lowest BCUT2D eigenvalue weighted by Crippen LogP contribution is -2.45. The van der Waals surface area contributed by atoms with Gasteiger partial charge in [0.25, 0.3) is 0 Å². The summed E-state index contributed by atoms with van der Waals surface area (Å²) >= 11 is 0. The van der Waals surface area contributed by atoms with E-state index in [2.05, 4.69) is 0 Å². The summed E-state index contributed by atoms with van der Waals surface area (Å²) in [5.41, 5.74) is 0.236. The monoisotopic (exact) mass is 248 g/mol. The van der Waals surface area contributed by atoms with Crippen molar-refractivity contribution in [3.8, 4) is 5.75 Å². The zero-order valence-corrected chi connectivity index (χ0v) is 10.8. The lowest BCUT2D eigenvalue weighted by molar-refractivity contribution is -0.142. The van der Waals surface area contributed by atoms with Crippen LogP contribution in [0.4, 0.5) is 0 Å². The molecule has 0 radical (unpaired) electrons. The SMILES string of the molecule is CCOC1CC(O)(c2cccc(OC3CC3)c2)C1. The van der Waals surface area contributed by atoms with Gasteiger partial charge < -0.3 is 14.6 Å². The first kappa shape index (κ1) is 12.0. The van der Waals surface area contributed by atoms with Gasteiger partial charge in [-0.1, -0.05) is 12.1 Å². The molecule has 0 saturated heterocycles. The van der Waals surface area contributed by atoms with Gasteiger partial charge in [-0.2, -0.15) is 0 Å². The largest absolute Gasteiger partial charge is 0.490 e. The zero-order valence-electron chi connectivity index (χ0n) is 10.8. The molecule has 98 valence electrons. The third-order valence-corrected chi connectivity index (χ3v) is 3.73. The van der Waals surface area contributed by atoms with Crippen molar-refractivity contribution in [1.29, 1.82) is 0 Å². The Balaban J connectivity index is 1.68. The van der Waals surface area contributed by atoms with Crippen LogP contribution in [0, 0.1) is 0 Å². The summed E-state index contributed by atoms with van der Waals surface area (Å²) in [4.78, 5) is 0. The van der Waals surface area contributed by atoms with Crippen molar-refractivity contribution in [2.24, 2.45) is 0 Å². The fraction of sp³-hybridized carbons (Fsp3) is 0.600. The maximum Gasteiger partial charge on any atom is 0.120 e. The lowest BCUT2D eigenvalue weighted by Gasteiger charge is -2.43. The maximum atomic E-state index is 10.5. The van der Waals surface area contributed by atoms with Crippen LogP contribution in [0.15, 0.2) is 24.3 Å². The van der Waals surface area contributed by atoms with Crippen LogP contribution >= 0.6 is 0 Å². The van der Waals surface area contributed by atoms with Crippen LogP contribution in [0.5, 0.6) is 5.75 Å². The highest BCUT2D eigenvalue weighted by Gasteiger charge is 2.44. The lowest BCUT2D eigenvalue weighted by atomic mass is 9.73. The Morgan fingerprint density at radius 3 is 2.72 bits per heavy atom. The maximum absolute atomic E-state index is 10.5. The van der Waals surface area contributed by atoms with Crippen molar-refractivity contribution in [2.75, 3.05) is 6.61 Å². The minimum atomic E-state index is -0.719. The quantitative estimate of drug-likeness (QED) is 0.870. The number of aliphatic hydroxyl groups is 1. The standard InChI is InChI=1S/C15H20O3/c1-2-17-14-9-15(16,10-14)11-4-3-5-13(8-11)18-12-6-7-12/h3-5,8,12,14,16H,2,6-7,9-10H2,1H3. The third-order valence-electron chi connectivity index (χ3n) is 3.73. The highest BCUT2D eigenvalue weighted by molar-refractivity contribution is 5.34. The second-order valence-electron chi connectivity index (χ2n) is 5.36. The molecule has 0 unspecified atom stereocenters. The molecule has 1 aromatic rings. The molecule has 1 N–H and O–H groups in total. The van der Waals surface area contributed by atoms with E-state index in [-0.39, 0.29) is 6.10 Å². The molecular formula is C15H20O3. The molecule has 0 bridgehead atoms. The number of hydrogen-bond donors (Lipinski definition) is 1. The predicted molar refractivity (Wildman–Crippen MR) is 68.6 cm³/mol. The second kappa shape index (κ2) is 4.56. The van der Waals surface area contributed by atoms with Crippen molar-refractivity contribution in [3.63, 3.8) is 0 Å². The zero-order chi connectivity index (χ0) is 12.6. The summed E-state index contributed by atoms with van der Waals surface area (Å²) in [5.74, 6) is 0.878. The van der Waals surface area contributed by atoms with Crippen molar-refractivity contribution in [3.05, 3.63) is 29.8 Å². The van der Waals surface area contributed by atoms with E-state index in [1.165, 1.54) is 0 Å². The average Bonchev–Trinajstić information content (AvgIpc) is 3.11. The molecule has 2 aliphatic carbocycles. The van der Waals surface area contributed by atoms with Gasteiger partial charge in [-0.25, -0.2) is 0 Å². The summed E-state index contributed by atoms with van der Waals surface area (Å²) in [6, 6.07) is 7.87. The molecule has 3 rings (SSSR count). The van der Waals surface area contributed by atoms with E-state index in [4.69, 9.17) is 9.47 Å². The molecule has 18 heavy (non-hydrogen) atoms. The van der Waals surface area contributed by atoms with Crippen LogP contribution in [-0.4, -0.2) is 23.9 Å². The van der Waals surface area contributed by atoms with Crippen molar-refractivity contribution >= 4 is 0 Å². The molecule has 0 atom stereocenters. The fourth-order valence-electron chi connectivity index (χ4n) is 2.52. The number of ether oxygens (including phenoxy) is 2. The highest BCUT2D eigenvalue weighted by atomic mass is 16.5. The average molecular weight is 248 g/mol. The summed E-state index contributed by atoms with van der Waals surface area (Å²) < 4.78 is 11.3. The summed E-state index contributed by atoms with van der Waals surface area (Å²) in [6.07, 6.45) is 4.28. The van der Waals surface area contributed by atoms with Crippen LogP contribution < -0.4 is 4.74 Å². The van der Waals surface area contributed by atoms with Crippen LogP contribution in [0.25, 0.3) is 0 Å². The van der Waals surface area contributed by atoms with E-state index in [1.807, 2.05) is 31.2 Å². The van der Waals surface area contributed by atoms with Gasteiger partial charge in [0, 0.05) is 19.4 Å². The van der Waals surface area contributed by atoms with Gasteiger partial charge >= 0.3 is 0 Å². The molecule has 0 aromatic heterocycles. The molecule has 0 spiro atoms. The van der Waals surface area contributed by atoms with E-state index >= 15 is 0 Å². The first-order chi connectivity index (χ1) is 8.69. The van der Waals surface area contributed by atoms with E-state index in [0.29, 0.717) is 25.6 Å². The van der Waals surface area contributed by atoms with E-state index < -0.39 is 5.60 Å². The predicted octanol–water partition coefficient (Wildman–Crippen LogP) is 2.61. The molecular weight excluding hydrogens is 228 g/mol. The third kappa shape index (κ3) is 2.38. The Morgan fingerprint density at radius 2 is 2.06 bits per heavy atom. The van der Waals surface area contributed by atoms with Crippen LogP contribution in [0.1, 0.15) is 38.2 Å². The second-order valence-corrected chi connectivity index (χ2v) is 5.36. The Morgan fingerprint density at radius 1 is 1.28 bits per heavy atom. The summed E-state index contributed by atoms with van der Waals surface area (Å²) in [6.45, 7) is 2.70. The molecule has 2 aliphatic rings. The molecule has 3 heteroatoms. The first-order valence-electron chi connectivity index (χ1n) is 6.81. The molecule has 3 nitrogen and oxygen atoms in total. The number of benzene rings is 1. The highest BCUT2D eigenvalue weighted by Crippen LogP contribution is 2.44. The Labute approximate surface area is 108 Å². The summed E-state index contributed by atoms with van der Waals surface area (Å²) in [7, 11) is 0. The van der Waals surface area contributed by atoms with Gasteiger partial charge in [0.1, 0.15) is 5.75 Å². The van der Waals surface area contributed by atoms with E-state index in [9.17, 15) is 5.11 Å². The first-order valence-corrected chi connectivity index (χ1v) is 6.81. The molecule has 2 saturated carbocycles. The van der Waals surface area contributed by atoms with Crippen LogP contribution in [0.3, 0.4) is 0 Å². The number of hydrogen-bond acceptors (Lipinski definition) is 3. The van der Waals surface area contributed by atoms with E-state index in [0.717, 1.165) is 24.2 Å². The fourth-order valence-corrected chi connectivity index (χ4v) is 2.52. The molecule has 0 amide bonds. The van der Waals surface area contributed by atoms with Crippen LogP contribution in [0.2, 0.25) is 0 Å². The van der Waals surface area contributed by atoms with Gasteiger partial charge in [-0.05, 0) is 37.5 Å². The molecule has 1 aromatic carbocycles. The molecule has 0 heterocycles. The Kier molecular flexibility index (Phi) is 3.04. The van der Waals surface area contributed by atoms with Gasteiger partial charge in [0.2, 0.25) is 0 Å². The Bertz CT molecular complexity index is 420. The van der Waals surface area contributed by atoms with E-state index in [1.54, 1.807) is 0 Å². The molecule has 2 fully saturated rings. The van der Waals surface area contributed by atoms with Gasteiger partial charge in [0.15, 0.2) is 0 Å². The van der Waals surface area contributed by atoms with Crippen molar-refractivity contribution < 1.29 is 14.6 Å². The summed E-state index contributed by atoms with van der Waals surface area (Å²) in [5, 5.41) is 10.5. The minimum Gasteiger partial charge on any atom is -0.490 e. The van der Waals surface area contributed by atoms with Crippen LogP contribution in [-0.2, 0) is 10.3 Å². The number of rotatable bonds is 5. The minimum absolute atomic E-state index is 0.202. The normalized spacial score (nSPS) is 30.9. The van der Waals surface area contributed by atoms with Crippen molar-refractivity contribution in [2.45, 2.75) is 50.4 Å².